The van der Waals surface area contributed by atoms with Crippen molar-refractivity contribution in [1.29, 1.82) is 0 Å². The van der Waals surface area contributed by atoms with E-state index in [0.29, 0.717) is 26.3 Å². The van der Waals surface area contributed by atoms with Crippen LogP contribution in [0.2, 0.25) is 0 Å². The number of nitrogens with two attached hydrogens (primary N) is 1. The van der Waals surface area contributed by atoms with Gasteiger partial charge in [0.2, 0.25) is 11.9 Å². The van der Waals surface area contributed by atoms with Crippen LogP contribution in [0.25, 0.3) is 0 Å². The molecule has 7 heteroatoms. The van der Waals surface area contributed by atoms with Crippen LogP contribution in [-0.2, 0) is 9.53 Å². The Morgan fingerprint density at radius 3 is 2.50 bits per heavy atom. The van der Waals surface area contributed by atoms with Crippen LogP contribution in [0, 0.1) is 5.92 Å². The molecule has 2 unspecified atom stereocenters. The van der Waals surface area contributed by atoms with Crippen molar-refractivity contribution in [2.45, 2.75) is 6.04 Å². The van der Waals surface area contributed by atoms with Crippen molar-refractivity contribution in [2.24, 2.45) is 11.7 Å². The summed E-state index contributed by atoms with van der Waals surface area (Å²) in [5.41, 5.74) is 5.90. The highest BCUT2D eigenvalue weighted by molar-refractivity contribution is 5.80. The lowest BCUT2D eigenvalue weighted by Gasteiger charge is -2.36. The normalized spacial score (nSPS) is 26.9. The van der Waals surface area contributed by atoms with E-state index in [1.54, 1.807) is 18.5 Å². The minimum atomic E-state index is -0.186. The van der Waals surface area contributed by atoms with Crippen molar-refractivity contribution in [3.05, 3.63) is 18.5 Å². The molecule has 20 heavy (non-hydrogen) atoms. The van der Waals surface area contributed by atoms with Gasteiger partial charge in [-0.1, -0.05) is 0 Å². The number of anilines is 1. The van der Waals surface area contributed by atoms with E-state index >= 15 is 0 Å². The molecule has 2 aliphatic rings. The quantitative estimate of drug-likeness (QED) is 0.754. The van der Waals surface area contributed by atoms with E-state index < -0.39 is 0 Å². The highest BCUT2D eigenvalue weighted by Crippen LogP contribution is 2.17. The molecule has 3 rings (SSSR count). The van der Waals surface area contributed by atoms with Crippen LogP contribution in [0.5, 0.6) is 0 Å². The van der Waals surface area contributed by atoms with Crippen molar-refractivity contribution in [1.82, 2.24) is 14.9 Å². The van der Waals surface area contributed by atoms with Crippen LogP contribution in [0.3, 0.4) is 0 Å². The number of hydrogen-bond acceptors (Lipinski definition) is 6. The summed E-state index contributed by atoms with van der Waals surface area (Å²) < 4.78 is 5.27. The molecule has 0 saturated carbocycles. The van der Waals surface area contributed by atoms with Crippen molar-refractivity contribution >= 4 is 11.9 Å². The number of nitrogens with zero attached hydrogens (tertiary/aromatic N) is 4. The molecule has 2 atom stereocenters. The molecular formula is C13H19N5O2. The van der Waals surface area contributed by atoms with E-state index in [4.69, 9.17) is 10.5 Å². The summed E-state index contributed by atoms with van der Waals surface area (Å²) in [4.78, 5) is 24.8. The monoisotopic (exact) mass is 277 g/mol. The van der Waals surface area contributed by atoms with E-state index in [-0.39, 0.29) is 17.9 Å². The first kappa shape index (κ1) is 13.3. The summed E-state index contributed by atoms with van der Waals surface area (Å²) in [6, 6.07) is 1.63. The zero-order valence-electron chi connectivity index (χ0n) is 11.3. The Hall–Kier alpha value is -1.73. The fourth-order valence-corrected chi connectivity index (χ4v) is 2.64. The number of carbonyl (C=O) groups excluding carboxylic acids is 1. The third kappa shape index (κ3) is 2.59. The number of rotatable bonds is 2. The van der Waals surface area contributed by atoms with Crippen LogP contribution in [0.4, 0.5) is 5.95 Å². The summed E-state index contributed by atoms with van der Waals surface area (Å²) in [7, 11) is 0. The van der Waals surface area contributed by atoms with Crippen molar-refractivity contribution in [3.63, 3.8) is 0 Å². The van der Waals surface area contributed by atoms with Crippen molar-refractivity contribution < 1.29 is 9.53 Å². The molecule has 0 bridgehead atoms. The van der Waals surface area contributed by atoms with Gasteiger partial charge in [-0.2, -0.15) is 0 Å². The molecule has 1 amide bonds. The number of carbonyl (C=O) groups is 1. The lowest BCUT2D eigenvalue weighted by Crippen LogP contribution is -2.53. The van der Waals surface area contributed by atoms with E-state index in [9.17, 15) is 4.79 Å². The maximum absolute atomic E-state index is 12.4. The molecule has 0 aliphatic carbocycles. The Labute approximate surface area is 117 Å². The highest BCUT2D eigenvalue weighted by Gasteiger charge is 2.35. The van der Waals surface area contributed by atoms with E-state index in [1.807, 2.05) is 4.90 Å². The van der Waals surface area contributed by atoms with Crippen LogP contribution in [0.15, 0.2) is 18.5 Å². The standard InChI is InChI=1S/C13H19N5O2/c14-11-9-20-8-10(11)12(19)17-4-6-18(7-5-17)13-15-2-1-3-16-13/h1-3,10-11H,4-9,14H2. The van der Waals surface area contributed by atoms with Gasteiger partial charge in [0.05, 0.1) is 19.1 Å². The fraction of sp³-hybridized carbons (Fsp3) is 0.615. The summed E-state index contributed by atoms with van der Waals surface area (Å²) in [5.74, 6) is 0.652. The van der Waals surface area contributed by atoms with E-state index in [1.165, 1.54) is 0 Å². The molecule has 0 spiro atoms. The van der Waals surface area contributed by atoms with Crippen LogP contribution in [-0.4, -0.2) is 66.2 Å². The second-order valence-corrected chi connectivity index (χ2v) is 5.17. The first-order chi connectivity index (χ1) is 9.75. The first-order valence-electron chi connectivity index (χ1n) is 6.90. The molecule has 1 aromatic heterocycles. The lowest BCUT2D eigenvalue weighted by atomic mass is 10.0. The Morgan fingerprint density at radius 2 is 1.90 bits per heavy atom. The predicted octanol–water partition coefficient (Wildman–Crippen LogP) is -0.901. The maximum atomic E-state index is 12.4. The van der Waals surface area contributed by atoms with Gasteiger partial charge < -0.3 is 20.3 Å². The van der Waals surface area contributed by atoms with Gasteiger partial charge in [0.25, 0.3) is 0 Å². The highest BCUT2D eigenvalue weighted by atomic mass is 16.5. The zero-order valence-corrected chi connectivity index (χ0v) is 11.3. The third-order valence-corrected chi connectivity index (χ3v) is 3.87. The van der Waals surface area contributed by atoms with Gasteiger partial charge in [-0.25, -0.2) is 9.97 Å². The second-order valence-electron chi connectivity index (χ2n) is 5.17. The summed E-state index contributed by atoms with van der Waals surface area (Å²) in [5, 5.41) is 0. The molecule has 108 valence electrons. The molecule has 7 nitrogen and oxygen atoms in total. The van der Waals surface area contributed by atoms with Gasteiger partial charge in [-0.05, 0) is 6.07 Å². The fourth-order valence-electron chi connectivity index (χ4n) is 2.64. The Morgan fingerprint density at radius 1 is 1.20 bits per heavy atom. The molecule has 1 aromatic rings. The molecule has 2 N–H and O–H groups in total. The van der Waals surface area contributed by atoms with Crippen molar-refractivity contribution in [2.75, 3.05) is 44.3 Å². The summed E-state index contributed by atoms with van der Waals surface area (Å²) in [6.45, 7) is 3.79. The molecule has 0 aromatic carbocycles. The number of ether oxygens (including phenoxy) is 1. The van der Waals surface area contributed by atoms with E-state index in [2.05, 4.69) is 14.9 Å². The minimum absolute atomic E-state index is 0.114. The Kier molecular flexibility index (Phi) is 3.79. The molecule has 2 fully saturated rings. The Bertz CT molecular complexity index is 461. The van der Waals surface area contributed by atoms with Crippen LogP contribution >= 0.6 is 0 Å². The van der Waals surface area contributed by atoms with Gasteiger partial charge in [0.1, 0.15) is 0 Å². The second kappa shape index (κ2) is 5.72. The number of aromatic nitrogens is 2. The topological polar surface area (TPSA) is 84.6 Å². The Balaban J connectivity index is 1.57. The zero-order chi connectivity index (χ0) is 13.9. The minimum Gasteiger partial charge on any atom is -0.379 e. The smallest absolute Gasteiger partial charge is 0.229 e. The van der Waals surface area contributed by atoms with Crippen LogP contribution in [0.1, 0.15) is 0 Å². The largest absolute Gasteiger partial charge is 0.379 e. The predicted molar refractivity (Wildman–Crippen MR) is 73.1 cm³/mol. The third-order valence-electron chi connectivity index (χ3n) is 3.87. The van der Waals surface area contributed by atoms with Crippen molar-refractivity contribution in [3.8, 4) is 0 Å². The van der Waals surface area contributed by atoms with Gasteiger partial charge in [0.15, 0.2) is 0 Å². The molecule has 3 heterocycles. The molecule has 2 saturated heterocycles. The summed E-state index contributed by atoms with van der Waals surface area (Å²) in [6.07, 6.45) is 3.46. The molecule has 2 aliphatic heterocycles. The average Bonchev–Trinajstić information content (AvgIpc) is 2.94. The SMILES string of the molecule is NC1COCC1C(=O)N1CCN(c2ncccn2)CC1. The maximum Gasteiger partial charge on any atom is 0.229 e. The van der Waals surface area contributed by atoms with Gasteiger partial charge in [-0.3, -0.25) is 4.79 Å². The van der Waals surface area contributed by atoms with Crippen LogP contribution < -0.4 is 10.6 Å². The number of amides is 1. The lowest BCUT2D eigenvalue weighted by molar-refractivity contribution is -0.136. The van der Waals surface area contributed by atoms with Gasteiger partial charge in [0, 0.05) is 44.6 Å². The van der Waals surface area contributed by atoms with E-state index in [0.717, 1.165) is 19.0 Å². The number of piperazine rings is 1. The summed E-state index contributed by atoms with van der Waals surface area (Å²) >= 11 is 0. The molecule has 0 radical (unpaired) electrons. The first-order valence-corrected chi connectivity index (χ1v) is 6.90. The number of hydrogen-bond donors (Lipinski definition) is 1. The van der Waals surface area contributed by atoms with Gasteiger partial charge >= 0.3 is 0 Å². The molecular weight excluding hydrogens is 258 g/mol. The average molecular weight is 277 g/mol. The van der Waals surface area contributed by atoms with Gasteiger partial charge in [-0.15, -0.1) is 0 Å².